The Hall–Kier alpha value is -1.19. The van der Waals surface area contributed by atoms with E-state index in [0.29, 0.717) is 0 Å². The molecule has 1 nitrogen and oxygen atoms in total. The molecule has 56 valence electrons. The molecule has 0 radical (unpaired) electrons. The van der Waals surface area contributed by atoms with Crippen molar-refractivity contribution < 1.29 is 18.3 Å². The lowest BCUT2D eigenvalue weighted by atomic mass is 10.4. The van der Waals surface area contributed by atoms with Crippen LogP contribution in [-0.2, 0) is 0 Å². The number of aliphatic hydroxyl groups is 1. The van der Waals surface area contributed by atoms with Crippen molar-refractivity contribution in [1.82, 2.24) is 0 Å². The van der Waals surface area contributed by atoms with Crippen molar-refractivity contribution in [2.75, 3.05) is 0 Å². The highest BCUT2D eigenvalue weighted by Crippen LogP contribution is 2.13. The molecular weight excluding hydrogens is 145 g/mol. The Labute approximate surface area is 55.8 Å². The number of aliphatic hydroxyl groups excluding tert-OH is 1. The summed E-state index contributed by atoms with van der Waals surface area (Å²) >= 11 is 0. The third-order valence-corrected chi connectivity index (χ3v) is 0.692. The normalized spacial score (nSPS) is 13.5. The van der Waals surface area contributed by atoms with E-state index in [-0.39, 0.29) is 12.4 Å². The van der Waals surface area contributed by atoms with E-state index in [1.165, 1.54) is 0 Å². The van der Waals surface area contributed by atoms with Gasteiger partial charge in [-0.05, 0) is 0 Å². The van der Waals surface area contributed by atoms with Gasteiger partial charge in [-0.25, -0.2) is 13.2 Å². The highest BCUT2D eigenvalue weighted by atomic mass is 19.1. The topological polar surface area (TPSA) is 20.2 Å². The van der Waals surface area contributed by atoms with Crippen molar-refractivity contribution in [1.29, 1.82) is 0 Å². The molecule has 0 atom stereocenters. The lowest BCUT2D eigenvalue weighted by Crippen LogP contribution is -1.82. The molecule has 0 aliphatic carbocycles. The van der Waals surface area contributed by atoms with Gasteiger partial charge in [-0.1, -0.05) is 6.58 Å². The number of rotatable bonds is 2. The Morgan fingerprint density at radius 3 is 2.20 bits per heavy atom. The van der Waals surface area contributed by atoms with E-state index in [1.807, 2.05) is 0 Å². The van der Waals surface area contributed by atoms with E-state index >= 15 is 0 Å². The van der Waals surface area contributed by atoms with Crippen LogP contribution < -0.4 is 0 Å². The largest absolute Gasteiger partial charge is 0.503 e. The molecule has 0 unspecified atom stereocenters. The van der Waals surface area contributed by atoms with Gasteiger partial charge in [0, 0.05) is 6.08 Å². The first-order valence-corrected chi connectivity index (χ1v) is 2.30. The van der Waals surface area contributed by atoms with Gasteiger partial charge in [-0.3, -0.25) is 0 Å². The van der Waals surface area contributed by atoms with E-state index in [2.05, 4.69) is 6.58 Å². The quantitative estimate of drug-likeness (QED) is 0.474. The molecule has 4 heteroatoms. The molecule has 0 amide bonds. The Morgan fingerprint density at radius 1 is 1.40 bits per heavy atom. The molecule has 0 aliphatic rings. The van der Waals surface area contributed by atoms with Crippen molar-refractivity contribution >= 4 is 0 Å². The fourth-order valence-corrected chi connectivity index (χ4v) is 0.264. The zero-order valence-electron chi connectivity index (χ0n) is 4.94. The number of hydrogen-bond donors (Lipinski definition) is 1. The molecule has 0 aromatic heterocycles. The summed E-state index contributed by atoms with van der Waals surface area (Å²) in [5.74, 6) is -4.01. The average molecular weight is 150 g/mol. The molecule has 10 heavy (non-hydrogen) atoms. The van der Waals surface area contributed by atoms with Gasteiger partial charge in [0.2, 0.25) is 0 Å². The van der Waals surface area contributed by atoms with Crippen LogP contribution in [0.2, 0.25) is 0 Å². The van der Waals surface area contributed by atoms with Crippen molar-refractivity contribution in [2.24, 2.45) is 0 Å². The smallest absolute Gasteiger partial charge is 0.187 e. The van der Waals surface area contributed by atoms with Crippen LogP contribution in [-0.4, -0.2) is 5.11 Å². The lowest BCUT2D eigenvalue weighted by molar-refractivity contribution is 0.367. The van der Waals surface area contributed by atoms with Crippen molar-refractivity contribution in [2.45, 2.75) is 0 Å². The SMILES string of the molecule is C=C(F)/C(O)=C(F)\C=C/F. The van der Waals surface area contributed by atoms with Gasteiger partial charge in [-0.15, -0.1) is 0 Å². The number of halogens is 3. The van der Waals surface area contributed by atoms with Gasteiger partial charge in [0.05, 0.1) is 6.33 Å². The predicted molar refractivity (Wildman–Crippen MR) is 31.3 cm³/mol. The third-order valence-electron chi connectivity index (χ3n) is 0.692. The van der Waals surface area contributed by atoms with Crippen molar-refractivity contribution in [3.8, 4) is 0 Å². The van der Waals surface area contributed by atoms with Gasteiger partial charge in [-0.2, -0.15) is 0 Å². The second-order valence-electron chi connectivity index (χ2n) is 1.39. The summed E-state index contributed by atoms with van der Waals surface area (Å²) in [5.41, 5.74) is 0. The zero-order chi connectivity index (χ0) is 8.15. The minimum atomic E-state index is -1.39. The number of hydrogen-bond acceptors (Lipinski definition) is 1. The fraction of sp³-hybridized carbons (Fsp3) is 0. The van der Waals surface area contributed by atoms with Crippen LogP contribution in [0, 0.1) is 0 Å². The summed E-state index contributed by atoms with van der Waals surface area (Å²) in [6.07, 6.45) is 0.120. The maximum absolute atomic E-state index is 12.0. The van der Waals surface area contributed by atoms with Crippen LogP contribution in [0.25, 0.3) is 0 Å². The molecule has 1 N–H and O–H groups in total. The van der Waals surface area contributed by atoms with Crippen LogP contribution in [0.1, 0.15) is 0 Å². The second kappa shape index (κ2) is 3.76. The van der Waals surface area contributed by atoms with E-state index < -0.39 is 17.4 Å². The molecule has 0 aliphatic heterocycles. The van der Waals surface area contributed by atoms with E-state index in [4.69, 9.17) is 5.11 Å². The first-order chi connectivity index (χ1) is 4.59. The minimum Gasteiger partial charge on any atom is -0.503 e. The van der Waals surface area contributed by atoms with Crippen molar-refractivity contribution in [3.63, 3.8) is 0 Å². The summed E-state index contributed by atoms with van der Waals surface area (Å²) in [6, 6.07) is 0. The predicted octanol–water partition coefficient (Wildman–Crippen LogP) is 2.69. The average Bonchev–Trinajstić information content (AvgIpc) is 1.87. The fourth-order valence-electron chi connectivity index (χ4n) is 0.264. The van der Waals surface area contributed by atoms with Gasteiger partial charge in [0.1, 0.15) is 0 Å². The highest BCUT2D eigenvalue weighted by Gasteiger charge is 2.04. The summed E-state index contributed by atoms with van der Waals surface area (Å²) < 4.78 is 35.0. The molecule has 0 rings (SSSR count). The summed E-state index contributed by atoms with van der Waals surface area (Å²) in [6.45, 7) is 2.59. The second-order valence-corrected chi connectivity index (χ2v) is 1.39. The standard InChI is InChI=1S/C6H5F3O/c1-4(8)6(10)5(9)2-3-7/h2-3,10H,1H2/b3-2-,6-5-. The monoisotopic (exact) mass is 150 g/mol. The Morgan fingerprint density at radius 2 is 1.90 bits per heavy atom. The van der Waals surface area contributed by atoms with Crippen LogP contribution in [0.4, 0.5) is 13.2 Å². The van der Waals surface area contributed by atoms with Gasteiger partial charge in [0.25, 0.3) is 0 Å². The van der Waals surface area contributed by atoms with Crippen molar-refractivity contribution in [3.05, 3.63) is 36.4 Å². The Bertz CT molecular complexity index is 193. The highest BCUT2D eigenvalue weighted by molar-refractivity contribution is 5.24. The molecule has 0 aromatic carbocycles. The summed E-state index contributed by atoms with van der Waals surface area (Å²) in [7, 11) is 0. The van der Waals surface area contributed by atoms with Crippen LogP contribution in [0.15, 0.2) is 36.4 Å². The molecule has 0 aromatic rings. The molecule has 0 spiro atoms. The molecule has 0 saturated heterocycles. The zero-order valence-corrected chi connectivity index (χ0v) is 4.94. The van der Waals surface area contributed by atoms with E-state index in [0.717, 1.165) is 0 Å². The molecule has 0 saturated carbocycles. The van der Waals surface area contributed by atoms with E-state index in [9.17, 15) is 13.2 Å². The first kappa shape index (κ1) is 8.81. The maximum Gasteiger partial charge on any atom is 0.187 e. The molecule has 0 heterocycles. The van der Waals surface area contributed by atoms with Gasteiger partial charge in [0.15, 0.2) is 17.4 Å². The summed E-state index contributed by atoms with van der Waals surface area (Å²) in [5, 5.41) is 8.34. The van der Waals surface area contributed by atoms with Gasteiger partial charge < -0.3 is 5.11 Å². The van der Waals surface area contributed by atoms with Crippen LogP contribution in [0.5, 0.6) is 0 Å². The van der Waals surface area contributed by atoms with Crippen LogP contribution in [0.3, 0.4) is 0 Å². The number of allylic oxidation sites excluding steroid dienone is 3. The molecule has 0 bridgehead atoms. The lowest BCUT2D eigenvalue weighted by Gasteiger charge is -1.92. The van der Waals surface area contributed by atoms with Gasteiger partial charge >= 0.3 is 0 Å². The third kappa shape index (κ3) is 2.39. The minimum absolute atomic E-state index is 0.158. The maximum atomic E-state index is 12.0. The van der Waals surface area contributed by atoms with Crippen LogP contribution >= 0.6 is 0 Å². The van der Waals surface area contributed by atoms with E-state index in [1.54, 1.807) is 0 Å². The molecular formula is C6H5F3O. The Balaban J connectivity index is 4.50. The molecule has 0 fully saturated rings. The Kier molecular flexibility index (Phi) is 3.32. The first-order valence-electron chi connectivity index (χ1n) is 2.30. The summed E-state index contributed by atoms with van der Waals surface area (Å²) in [4.78, 5) is 0.